The van der Waals surface area contributed by atoms with Crippen LogP contribution in [-0.4, -0.2) is 17.9 Å². The Morgan fingerprint density at radius 3 is 2.69 bits per heavy atom. The molecule has 0 spiro atoms. The first-order valence-electron chi connectivity index (χ1n) is 4.74. The predicted octanol–water partition coefficient (Wildman–Crippen LogP) is 1.08. The lowest BCUT2D eigenvalue weighted by atomic mass is 10.0. The molecule has 0 amide bonds. The van der Waals surface area contributed by atoms with Gasteiger partial charge in [0, 0.05) is 6.42 Å². The van der Waals surface area contributed by atoms with Gasteiger partial charge in [-0.15, -0.1) is 12.4 Å². The summed E-state index contributed by atoms with van der Waals surface area (Å²) in [5.41, 5.74) is 12.7. The molecule has 1 aromatic carbocycles. The fourth-order valence-electron chi connectivity index (χ4n) is 1.68. The highest BCUT2D eigenvalue weighted by atomic mass is 79.9. The van der Waals surface area contributed by atoms with E-state index in [4.69, 9.17) is 16.2 Å². The summed E-state index contributed by atoms with van der Waals surface area (Å²) in [6.07, 6.45) is -0.752. The normalized spacial score (nSPS) is 15.3. The van der Waals surface area contributed by atoms with Gasteiger partial charge in [-0.05, 0) is 39.2 Å². The van der Waals surface area contributed by atoms with Crippen LogP contribution in [0.4, 0.5) is 0 Å². The predicted molar refractivity (Wildman–Crippen MR) is 67.7 cm³/mol. The maximum atomic E-state index is 9.74. The van der Waals surface area contributed by atoms with Crippen LogP contribution in [0.15, 0.2) is 16.6 Å². The number of hydrogen-bond acceptors (Lipinski definition) is 4. The topological polar surface area (TPSA) is 81.5 Å². The van der Waals surface area contributed by atoms with Crippen LogP contribution in [0, 0.1) is 0 Å². The highest BCUT2D eigenvalue weighted by Gasteiger charge is 2.20. The molecule has 90 valence electrons. The van der Waals surface area contributed by atoms with Crippen molar-refractivity contribution < 1.29 is 9.84 Å². The van der Waals surface area contributed by atoms with Crippen molar-refractivity contribution >= 4 is 28.3 Å². The minimum Gasteiger partial charge on any atom is -0.492 e. The molecule has 1 aliphatic rings. The largest absolute Gasteiger partial charge is 0.492 e. The molecule has 0 radical (unpaired) electrons. The maximum absolute atomic E-state index is 9.74. The van der Waals surface area contributed by atoms with E-state index >= 15 is 0 Å². The second-order valence-electron chi connectivity index (χ2n) is 3.61. The van der Waals surface area contributed by atoms with Gasteiger partial charge >= 0.3 is 0 Å². The van der Waals surface area contributed by atoms with Crippen molar-refractivity contribution in [2.24, 2.45) is 11.5 Å². The summed E-state index contributed by atoms with van der Waals surface area (Å²) in [5.74, 6) is 0.858. The molecule has 0 aliphatic carbocycles. The Morgan fingerprint density at radius 1 is 1.38 bits per heavy atom. The molecule has 1 atom stereocenters. The van der Waals surface area contributed by atoms with Gasteiger partial charge in [-0.2, -0.15) is 0 Å². The second kappa shape index (κ2) is 5.33. The molecule has 5 N–H and O–H groups in total. The SMILES string of the molecule is Cl.NC(N)[C@@H](O)c1cc(Br)c2c(c1)CCO2. The van der Waals surface area contributed by atoms with E-state index in [0.29, 0.717) is 6.61 Å². The lowest BCUT2D eigenvalue weighted by Crippen LogP contribution is -2.37. The van der Waals surface area contributed by atoms with Gasteiger partial charge in [0.2, 0.25) is 0 Å². The van der Waals surface area contributed by atoms with Crippen LogP contribution in [0.3, 0.4) is 0 Å². The molecule has 0 aromatic heterocycles. The zero-order valence-corrected chi connectivity index (χ0v) is 10.9. The first kappa shape index (κ1) is 13.7. The molecule has 1 heterocycles. The number of aliphatic hydroxyl groups excluding tert-OH is 1. The van der Waals surface area contributed by atoms with Gasteiger partial charge in [0.15, 0.2) is 0 Å². The van der Waals surface area contributed by atoms with E-state index in [-0.39, 0.29) is 12.4 Å². The van der Waals surface area contributed by atoms with Crippen LogP contribution < -0.4 is 16.2 Å². The van der Waals surface area contributed by atoms with E-state index in [0.717, 1.165) is 27.8 Å². The number of aliphatic hydroxyl groups is 1. The van der Waals surface area contributed by atoms with Crippen molar-refractivity contribution in [3.63, 3.8) is 0 Å². The summed E-state index contributed by atoms with van der Waals surface area (Å²) in [6.45, 7) is 0.683. The molecule has 0 saturated carbocycles. The number of halogens is 2. The van der Waals surface area contributed by atoms with E-state index < -0.39 is 12.3 Å². The van der Waals surface area contributed by atoms with Crippen molar-refractivity contribution in [2.75, 3.05) is 6.61 Å². The summed E-state index contributed by atoms with van der Waals surface area (Å²) in [4.78, 5) is 0. The van der Waals surface area contributed by atoms with Gasteiger partial charge in [-0.1, -0.05) is 0 Å². The Labute approximate surface area is 108 Å². The van der Waals surface area contributed by atoms with Gasteiger partial charge in [-0.3, -0.25) is 0 Å². The summed E-state index contributed by atoms with van der Waals surface area (Å²) < 4.78 is 6.27. The fourth-order valence-corrected chi connectivity index (χ4v) is 2.31. The number of nitrogens with two attached hydrogens (primary N) is 2. The summed E-state index contributed by atoms with van der Waals surface area (Å²) in [7, 11) is 0. The highest BCUT2D eigenvalue weighted by Crippen LogP contribution is 2.36. The average molecular weight is 310 g/mol. The number of hydrogen-bond donors (Lipinski definition) is 3. The number of benzene rings is 1. The fraction of sp³-hybridized carbons (Fsp3) is 0.400. The number of rotatable bonds is 2. The van der Waals surface area contributed by atoms with Gasteiger partial charge < -0.3 is 21.3 Å². The Morgan fingerprint density at radius 2 is 2.06 bits per heavy atom. The second-order valence-corrected chi connectivity index (χ2v) is 4.47. The Kier molecular flexibility index (Phi) is 4.58. The van der Waals surface area contributed by atoms with Gasteiger partial charge in [-0.25, -0.2) is 0 Å². The van der Waals surface area contributed by atoms with Crippen LogP contribution in [0.5, 0.6) is 5.75 Å². The minimum absolute atomic E-state index is 0. The Balaban J connectivity index is 0.00000128. The Hall–Kier alpha value is -0.330. The zero-order valence-electron chi connectivity index (χ0n) is 8.52. The molecule has 0 bridgehead atoms. The Bertz CT molecular complexity index is 387. The quantitative estimate of drug-likeness (QED) is 0.714. The molecule has 0 saturated heterocycles. The first-order valence-corrected chi connectivity index (χ1v) is 5.53. The highest BCUT2D eigenvalue weighted by molar-refractivity contribution is 9.10. The van der Waals surface area contributed by atoms with E-state index in [1.54, 1.807) is 6.07 Å². The van der Waals surface area contributed by atoms with Gasteiger partial charge in [0.05, 0.1) is 17.2 Å². The van der Waals surface area contributed by atoms with Crippen molar-refractivity contribution in [1.29, 1.82) is 0 Å². The van der Waals surface area contributed by atoms with Crippen LogP contribution in [0.25, 0.3) is 0 Å². The summed E-state index contributed by atoms with van der Waals surface area (Å²) >= 11 is 3.40. The molecule has 0 unspecified atom stereocenters. The molecule has 1 aliphatic heterocycles. The van der Waals surface area contributed by atoms with Crippen LogP contribution in [0.1, 0.15) is 17.2 Å². The van der Waals surface area contributed by atoms with Crippen molar-refractivity contribution in [3.8, 4) is 5.75 Å². The standard InChI is InChI=1S/C10H13BrN2O2.ClH/c11-7-4-6(8(14)10(12)13)3-5-1-2-15-9(5)7;/h3-4,8,10,14H,1-2,12-13H2;1H/t8-;/m0./s1. The van der Waals surface area contributed by atoms with Crippen molar-refractivity contribution in [1.82, 2.24) is 0 Å². The van der Waals surface area contributed by atoms with Crippen LogP contribution >= 0.6 is 28.3 Å². The lowest BCUT2D eigenvalue weighted by molar-refractivity contribution is 0.148. The van der Waals surface area contributed by atoms with Crippen molar-refractivity contribution in [2.45, 2.75) is 18.7 Å². The molecule has 16 heavy (non-hydrogen) atoms. The van der Waals surface area contributed by atoms with Gasteiger partial charge in [0.25, 0.3) is 0 Å². The molecule has 2 rings (SSSR count). The molecular weight excluding hydrogens is 295 g/mol. The lowest BCUT2D eigenvalue weighted by Gasteiger charge is -2.16. The zero-order chi connectivity index (χ0) is 11.0. The van der Waals surface area contributed by atoms with E-state index in [9.17, 15) is 5.11 Å². The number of ether oxygens (including phenoxy) is 1. The third kappa shape index (κ3) is 2.49. The van der Waals surface area contributed by atoms with Crippen molar-refractivity contribution in [3.05, 3.63) is 27.7 Å². The van der Waals surface area contributed by atoms with E-state index in [1.807, 2.05) is 6.07 Å². The molecule has 6 heteroatoms. The smallest absolute Gasteiger partial charge is 0.136 e. The molecular formula is C10H14BrClN2O2. The van der Waals surface area contributed by atoms with E-state index in [2.05, 4.69) is 15.9 Å². The van der Waals surface area contributed by atoms with Crippen LogP contribution in [0.2, 0.25) is 0 Å². The third-order valence-electron chi connectivity index (χ3n) is 2.47. The minimum atomic E-state index is -0.841. The summed E-state index contributed by atoms with van der Waals surface area (Å²) in [6, 6.07) is 3.69. The number of fused-ring (bicyclic) bond motifs is 1. The average Bonchev–Trinajstić information content (AvgIpc) is 2.64. The van der Waals surface area contributed by atoms with Crippen LogP contribution in [-0.2, 0) is 6.42 Å². The summed E-state index contributed by atoms with van der Waals surface area (Å²) in [5, 5.41) is 9.74. The first-order chi connectivity index (χ1) is 7.09. The molecule has 1 aromatic rings. The molecule has 4 nitrogen and oxygen atoms in total. The molecule has 0 fully saturated rings. The monoisotopic (exact) mass is 308 g/mol. The van der Waals surface area contributed by atoms with E-state index in [1.165, 1.54) is 0 Å². The maximum Gasteiger partial charge on any atom is 0.136 e. The van der Waals surface area contributed by atoms with Gasteiger partial charge in [0.1, 0.15) is 11.9 Å². The third-order valence-corrected chi connectivity index (χ3v) is 3.06.